The second-order valence-electron chi connectivity index (χ2n) is 2.06. The highest BCUT2D eigenvalue weighted by Gasteiger charge is 1.88. The van der Waals surface area contributed by atoms with Crippen LogP contribution in [0.2, 0.25) is 0 Å². The molecule has 1 aromatic rings. The van der Waals surface area contributed by atoms with Gasteiger partial charge in [-0.25, -0.2) is 0 Å². The van der Waals surface area contributed by atoms with Crippen LogP contribution in [0.4, 0.5) is 5.69 Å². The van der Waals surface area contributed by atoms with Crippen molar-refractivity contribution >= 4 is 5.69 Å². The van der Waals surface area contributed by atoms with Crippen LogP contribution in [0.1, 0.15) is 5.56 Å². The fourth-order valence-electron chi connectivity index (χ4n) is 0.729. The van der Waals surface area contributed by atoms with Gasteiger partial charge in [-0.2, -0.15) is 0 Å². The van der Waals surface area contributed by atoms with Gasteiger partial charge in [0.1, 0.15) is 0 Å². The van der Waals surface area contributed by atoms with Crippen molar-refractivity contribution in [2.24, 2.45) is 0 Å². The molecule has 0 atom stereocenters. The summed E-state index contributed by atoms with van der Waals surface area (Å²) >= 11 is 0. The van der Waals surface area contributed by atoms with Gasteiger partial charge in [0, 0.05) is 6.20 Å². The molecule has 10 heavy (non-hydrogen) atoms. The lowest BCUT2D eigenvalue weighted by molar-refractivity contribution is 0.271. The summed E-state index contributed by atoms with van der Waals surface area (Å²) in [6.07, 6.45) is 3.50. The molecule has 0 aromatic carbocycles. The van der Waals surface area contributed by atoms with E-state index in [1.807, 2.05) is 13.0 Å². The van der Waals surface area contributed by atoms with Crippen LogP contribution in [-0.4, -0.2) is 12.1 Å². The molecule has 1 heterocycles. The van der Waals surface area contributed by atoms with Crippen molar-refractivity contribution in [3.8, 4) is 0 Å². The van der Waals surface area contributed by atoms with E-state index in [4.69, 9.17) is 4.84 Å². The van der Waals surface area contributed by atoms with Gasteiger partial charge in [-0.3, -0.25) is 15.3 Å². The molecule has 3 nitrogen and oxygen atoms in total. The topological polar surface area (TPSA) is 34.1 Å². The number of nitrogens with zero attached hydrogens (tertiary/aromatic N) is 1. The van der Waals surface area contributed by atoms with Crippen molar-refractivity contribution in [2.45, 2.75) is 6.92 Å². The third-order valence-corrected chi connectivity index (χ3v) is 1.09. The maximum Gasteiger partial charge on any atom is 0.0790 e. The van der Waals surface area contributed by atoms with Gasteiger partial charge in [-0.1, -0.05) is 0 Å². The Balaban J connectivity index is 2.75. The number of anilines is 1. The van der Waals surface area contributed by atoms with Crippen molar-refractivity contribution in [3.63, 3.8) is 0 Å². The number of hydrogen-bond acceptors (Lipinski definition) is 3. The average molecular weight is 138 g/mol. The number of nitrogens with one attached hydrogen (secondary N) is 1. The summed E-state index contributed by atoms with van der Waals surface area (Å²) in [5.74, 6) is 0. The average Bonchev–Trinajstić information content (AvgIpc) is 1.88. The molecule has 0 aliphatic carbocycles. The first-order valence-corrected chi connectivity index (χ1v) is 3.03. The van der Waals surface area contributed by atoms with Crippen LogP contribution >= 0.6 is 0 Å². The molecule has 0 radical (unpaired) electrons. The Morgan fingerprint density at radius 1 is 1.50 bits per heavy atom. The molecule has 0 unspecified atom stereocenters. The van der Waals surface area contributed by atoms with E-state index in [1.165, 1.54) is 0 Å². The summed E-state index contributed by atoms with van der Waals surface area (Å²) in [7, 11) is 1.57. The molecule has 1 rings (SSSR count). The summed E-state index contributed by atoms with van der Waals surface area (Å²) in [5.41, 5.74) is 4.68. The SMILES string of the molecule is CONc1cncc(C)c1. The largest absolute Gasteiger partial charge is 0.279 e. The molecule has 0 aliphatic heterocycles. The van der Waals surface area contributed by atoms with E-state index in [-0.39, 0.29) is 0 Å². The summed E-state index contributed by atoms with van der Waals surface area (Å²) in [5, 5.41) is 0. The minimum atomic E-state index is 0.877. The van der Waals surface area contributed by atoms with Crippen molar-refractivity contribution in [1.82, 2.24) is 4.98 Å². The first-order valence-electron chi connectivity index (χ1n) is 3.03. The number of pyridine rings is 1. The number of aromatic nitrogens is 1. The van der Waals surface area contributed by atoms with Gasteiger partial charge < -0.3 is 0 Å². The first kappa shape index (κ1) is 7.02. The lowest BCUT2D eigenvalue weighted by atomic mass is 10.3. The second-order valence-corrected chi connectivity index (χ2v) is 2.06. The van der Waals surface area contributed by atoms with Crippen molar-refractivity contribution < 1.29 is 4.84 Å². The van der Waals surface area contributed by atoms with Gasteiger partial charge in [0.15, 0.2) is 0 Å². The molecular weight excluding hydrogens is 128 g/mol. The van der Waals surface area contributed by atoms with Gasteiger partial charge in [-0.05, 0) is 18.6 Å². The molecule has 1 aromatic heterocycles. The number of hydrogen-bond donors (Lipinski definition) is 1. The maximum absolute atomic E-state index is 4.69. The fourth-order valence-corrected chi connectivity index (χ4v) is 0.729. The highest BCUT2D eigenvalue weighted by atomic mass is 16.6. The van der Waals surface area contributed by atoms with Gasteiger partial charge in [0.25, 0.3) is 0 Å². The zero-order valence-corrected chi connectivity index (χ0v) is 6.09. The molecule has 0 saturated heterocycles. The highest BCUT2D eigenvalue weighted by molar-refractivity contribution is 5.39. The van der Waals surface area contributed by atoms with E-state index >= 15 is 0 Å². The maximum atomic E-state index is 4.69. The predicted molar refractivity (Wildman–Crippen MR) is 39.6 cm³/mol. The van der Waals surface area contributed by atoms with E-state index in [2.05, 4.69) is 10.5 Å². The lowest BCUT2D eigenvalue weighted by Gasteiger charge is -2.01. The van der Waals surface area contributed by atoms with Crippen LogP contribution < -0.4 is 5.48 Å². The Bertz CT molecular complexity index is 213. The van der Waals surface area contributed by atoms with Crippen LogP contribution in [0, 0.1) is 6.92 Å². The zero-order valence-electron chi connectivity index (χ0n) is 6.09. The zero-order chi connectivity index (χ0) is 7.40. The standard InChI is InChI=1S/C7H10N2O/c1-6-3-7(9-10-2)5-8-4-6/h3-5,9H,1-2H3. The fraction of sp³-hybridized carbons (Fsp3) is 0.286. The molecular formula is C7H10N2O. The summed E-state index contributed by atoms with van der Waals surface area (Å²) in [4.78, 5) is 8.65. The van der Waals surface area contributed by atoms with E-state index < -0.39 is 0 Å². The molecule has 0 aliphatic rings. The predicted octanol–water partition coefficient (Wildman–Crippen LogP) is 1.36. The smallest absolute Gasteiger partial charge is 0.0790 e. The third-order valence-electron chi connectivity index (χ3n) is 1.09. The Kier molecular flexibility index (Phi) is 2.23. The molecule has 3 heteroatoms. The van der Waals surface area contributed by atoms with Crippen LogP contribution in [0.3, 0.4) is 0 Å². The van der Waals surface area contributed by atoms with E-state index in [9.17, 15) is 0 Å². The third kappa shape index (κ3) is 1.70. The molecule has 0 saturated carbocycles. The lowest BCUT2D eigenvalue weighted by Crippen LogP contribution is -1.95. The summed E-state index contributed by atoms with van der Waals surface area (Å²) in [6.45, 7) is 1.98. The molecule has 0 amide bonds. The molecule has 54 valence electrons. The van der Waals surface area contributed by atoms with Crippen LogP contribution in [0.15, 0.2) is 18.5 Å². The quantitative estimate of drug-likeness (QED) is 0.626. The monoisotopic (exact) mass is 138 g/mol. The Labute approximate surface area is 60.0 Å². The first-order chi connectivity index (χ1) is 4.83. The van der Waals surface area contributed by atoms with Crippen LogP contribution in [-0.2, 0) is 4.84 Å². The second kappa shape index (κ2) is 3.17. The number of aryl methyl sites for hydroxylation is 1. The van der Waals surface area contributed by atoms with Gasteiger partial charge in [-0.15, -0.1) is 0 Å². The molecule has 0 spiro atoms. The molecule has 1 N–H and O–H groups in total. The minimum Gasteiger partial charge on any atom is -0.279 e. The van der Waals surface area contributed by atoms with Crippen LogP contribution in [0.5, 0.6) is 0 Å². The number of rotatable bonds is 2. The van der Waals surface area contributed by atoms with Crippen molar-refractivity contribution in [1.29, 1.82) is 0 Å². The van der Waals surface area contributed by atoms with Gasteiger partial charge in [0.2, 0.25) is 0 Å². The molecule has 0 fully saturated rings. The Morgan fingerprint density at radius 3 is 2.90 bits per heavy atom. The highest BCUT2D eigenvalue weighted by Crippen LogP contribution is 2.05. The summed E-state index contributed by atoms with van der Waals surface area (Å²) in [6, 6.07) is 1.95. The van der Waals surface area contributed by atoms with Crippen molar-refractivity contribution in [2.75, 3.05) is 12.6 Å². The van der Waals surface area contributed by atoms with E-state index in [0.29, 0.717) is 0 Å². The van der Waals surface area contributed by atoms with Crippen molar-refractivity contribution in [3.05, 3.63) is 24.0 Å². The van der Waals surface area contributed by atoms with Crippen LogP contribution in [0.25, 0.3) is 0 Å². The van der Waals surface area contributed by atoms with E-state index in [1.54, 1.807) is 19.5 Å². The minimum absolute atomic E-state index is 0.877. The summed E-state index contributed by atoms with van der Waals surface area (Å²) < 4.78 is 0. The van der Waals surface area contributed by atoms with Gasteiger partial charge >= 0.3 is 0 Å². The normalized spacial score (nSPS) is 9.40. The van der Waals surface area contributed by atoms with E-state index in [0.717, 1.165) is 11.3 Å². The van der Waals surface area contributed by atoms with Gasteiger partial charge in [0.05, 0.1) is 19.0 Å². The Hall–Kier alpha value is -1.09. The Morgan fingerprint density at radius 2 is 2.30 bits per heavy atom. The molecule has 0 bridgehead atoms.